The summed E-state index contributed by atoms with van der Waals surface area (Å²) >= 11 is 0. The van der Waals surface area contributed by atoms with Gasteiger partial charge in [0.15, 0.2) is 0 Å². The van der Waals surface area contributed by atoms with Crippen molar-refractivity contribution in [2.24, 2.45) is 5.92 Å². The Morgan fingerprint density at radius 1 is 1.54 bits per heavy atom. The normalized spacial score (nSPS) is 13.2. The molecule has 1 rings (SSSR count). The maximum atomic E-state index is 9.61. The van der Waals surface area contributed by atoms with Crippen LogP contribution in [0.15, 0.2) is 18.3 Å². The first-order valence-electron chi connectivity index (χ1n) is 4.48. The lowest BCUT2D eigenvalue weighted by molar-refractivity contribution is 0.126. The quantitative estimate of drug-likeness (QED) is 0.735. The monoisotopic (exact) mass is 180 g/mol. The highest BCUT2D eigenvalue weighted by atomic mass is 16.3. The summed E-state index contributed by atoms with van der Waals surface area (Å²) in [5.41, 5.74) is 6.55. The molecule has 0 aliphatic carbocycles. The van der Waals surface area contributed by atoms with Gasteiger partial charge in [0, 0.05) is 6.20 Å². The molecular formula is C10H16N2O. The number of rotatable bonds is 3. The van der Waals surface area contributed by atoms with Gasteiger partial charge in [-0.1, -0.05) is 13.8 Å². The number of hydrogen-bond donors (Lipinski definition) is 2. The van der Waals surface area contributed by atoms with Crippen molar-refractivity contribution in [3.05, 3.63) is 23.9 Å². The molecule has 0 fully saturated rings. The Morgan fingerprint density at radius 2 is 2.23 bits per heavy atom. The summed E-state index contributed by atoms with van der Waals surface area (Å²) < 4.78 is 0. The maximum absolute atomic E-state index is 9.61. The molecule has 3 N–H and O–H groups in total. The van der Waals surface area contributed by atoms with Crippen molar-refractivity contribution in [3.63, 3.8) is 0 Å². The van der Waals surface area contributed by atoms with Crippen LogP contribution >= 0.6 is 0 Å². The number of nitrogen functional groups attached to an aromatic ring is 1. The third kappa shape index (κ3) is 3.03. The van der Waals surface area contributed by atoms with Crippen LogP contribution in [0.1, 0.15) is 19.4 Å². The fraction of sp³-hybridized carbons (Fsp3) is 0.500. The molecule has 0 amide bonds. The molecule has 1 heterocycles. The van der Waals surface area contributed by atoms with Crippen molar-refractivity contribution in [2.45, 2.75) is 26.4 Å². The minimum atomic E-state index is -0.304. The Bertz CT molecular complexity index is 273. The van der Waals surface area contributed by atoms with E-state index in [0.717, 1.165) is 5.56 Å². The minimum absolute atomic E-state index is 0.273. The molecule has 72 valence electrons. The van der Waals surface area contributed by atoms with E-state index in [-0.39, 0.29) is 12.0 Å². The molecular weight excluding hydrogens is 164 g/mol. The van der Waals surface area contributed by atoms with Crippen LogP contribution in [0.2, 0.25) is 0 Å². The van der Waals surface area contributed by atoms with Crippen molar-refractivity contribution in [1.29, 1.82) is 0 Å². The Labute approximate surface area is 78.6 Å². The third-order valence-electron chi connectivity index (χ3n) is 2.06. The summed E-state index contributed by atoms with van der Waals surface area (Å²) in [4.78, 5) is 3.89. The average molecular weight is 180 g/mol. The van der Waals surface area contributed by atoms with Gasteiger partial charge in [-0.05, 0) is 30.0 Å². The zero-order valence-electron chi connectivity index (χ0n) is 8.07. The van der Waals surface area contributed by atoms with Crippen LogP contribution in [-0.4, -0.2) is 16.2 Å². The zero-order valence-corrected chi connectivity index (χ0v) is 8.07. The number of pyridine rings is 1. The SMILES string of the molecule is CC(C)C(O)Cc1ccnc(N)c1. The Hall–Kier alpha value is -1.09. The van der Waals surface area contributed by atoms with E-state index in [0.29, 0.717) is 12.2 Å². The van der Waals surface area contributed by atoms with Gasteiger partial charge in [0.2, 0.25) is 0 Å². The van der Waals surface area contributed by atoms with Crippen LogP contribution in [0.25, 0.3) is 0 Å². The number of nitrogens with two attached hydrogens (primary N) is 1. The number of aliphatic hydroxyl groups excluding tert-OH is 1. The van der Waals surface area contributed by atoms with Crippen LogP contribution in [0.4, 0.5) is 5.82 Å². The van der Waals surface area contributed by atoms with E-state index in [1.165, 1.54) is 0 Å². The van der Waals surface area contributed by atoms with Crippen molar-refractivity contribution in [1.82, 2.24) is 4.98 Å². The van der Waals surface area contributed by atoms with Crippen LogP contribution in [-0.2, 0) is 6.42 Å². The lowest BCUT2D eigenvalue weighted by Gasteiger charge is -2.13. The second-order valence-corrected chi connectivity index (χ2v) is 3.60. The molecule has 1 aromatic heterocycles. The van der Waals surface area contributed by atoms with Gasteiger partial charge in [0.05, 0.1) is 6.10 Å². The summed E-state index contributed by atoms with van der Waals surface area (Å²) in [6, 6.07) is 3.67. The zero-order chi connectivity index (χ0) is 9.84. The van der Waals surface area contributed by atoms with Gasteiger partial charge >= 0.3 is 0 Å². The number of hydrogen-bond acceptors (Lipinski definition) is 3. The summed E-state index contributed by atoms with van der Waals surface area (Å²) in [5.74, 6) is 0.780. The van der Waals surface area contributed by atoms with Gasteiger partial charge in [-0.3, -0.25) is 0 Å². The molecule has 1 unspecified atom stereocenters. The standard InChI is InChI=1S/C10H16N2O/c1-7(2)9(13)5-8-3-4-12-10(11)6-8/h3-4,6-7,9,13H,5H2,1-2H3,(H2,11,12). The van der Waals surface area contributed by atoms with E-state index in [4.69, 9.17) is 5.73 Å². The summed E-state index contributed by atoms with van der Waals surface area (Å²) in [5, 5.41) is 9.61. The van der Waals surface area contributed by atoms with Gasteiger partial charge in [-0.15, -0.1) is 0 Å². The van der Waals surface area contributed by atoms with Gasteiger partial charge in [-0.25, -0.2) is 4.98 Å². The topological polar surface area (TPSA) is 59.1 Å². The smallest absolute Gasteiger partial charge is 0.123 e. The molecule has 3 heteroatoms. The number of aromatic nitrogens is 1. The fourth-order valence-electron chi connectivity index (χ4n) is 1.10. The second kappa shape index (κ2) is 4.23. The highest BCUT2D eigenvalue weighted by Crippen LogP contribution is 2.10. The van der Waals surface area contributed by atoms with Crippen LogP contribution in [0.5, 0.6) is 0 Å². The number of anilines is 1. The van der Waals surface area contributed by atoms with Crippen molar-refractivity contribution in [2.75, 3.05) is 5.73 Å². The maximum Gasteiger partial charge on any atom is 0.123 e. The third-order valence-corrected chi connectivity index (χ3v) is 2.06. The van der Waals surface area contributed by atoms with Gasteiger partial charge in [-0.2, -0.15) is 0 Å². The van der Waals surface area contributed by atoms with Crippen molar-refractivity contribution in [3.8, 4) is 0 Å². The summed E-state index contributed by atoms with van der Waals surface area (Å²) in [7, 11) is 0. The second-order valence-electron chi connectivity index (χ2n) is 3.60. The molecule has 0 aliphatic rings. The lowest BCUT2D eigenvalue weighted by Crippen LogP contribution is -2.17. The first-order chi connectivity index (χ1) is 6.09. The predicted molar refractivity (Wildman–Crippen MR) is 53.2 cm³/mol. The molecule has 13 heavy (non-hydrogen) atoms. The molecule has 1 aromatic rings. The minimum Gasteiger partial charge on any atom is -0.393 e. The predicted octanol–water partition coefficient (Wildman–Crippen LogP) is 1.22. The van der Waals surface area contributed by atoms with Gasteiger partial charge in [0.1, 0.15) is 5.82 Å². The largest absolute Gasteiger partial charge is 0.393 e. The van der Waals surface area contributed by atoms with Crippen molar-refractivity contribution >= 4 is 5.82 Å². The molecule has 0 spiro atoms. The van der Waals surface area contributed by atoms with Gasteiger partial charge in [0.25, 0.3) is 0 Å². The first kappa shape index (κ1) is 9.99. The molecule has 3 nitrogen and oxygen atoms in total. The van der Waals surface area contributed by atoms with E-state index >= 15 is 0 Å². The number of aliphatic hydroxyl groups is 1. The number of nitrogens with zero attached hydrogens (tertiary/aromatic N) is 1. The van der Waals surface area contributed by atoms with E-state index in [2.05, 4.69) is 4.98 Å². The summed E-state index contributed by atoms with van der Waals surface area (Å²) in [6.07, 6.45) is 2.00. The van der Waals surface area contributed by atoms with Crippen molar-refractivity contribution < 1.29 is 5.11 Å². The highest BCUT2D eigenvalue weighted by molar-refractivity contribution is 5.32. The molecule has 1 atom stereocenters. The van der Waals surface area contributed by atoms with Crippen LogP contribution < -0.4 is 5.73 Å². The molecule has 0 aliphatic heterocycles. The molecule has 0 radical (unpaired) electrons. The lowest BCUT2D eigenvalue weighted by atomic mass is 10.00. The molecule has 0 saturated carbocycles. The molecule has 0 bridgehead atoms. The Morgan fingerprint density at radius 3 is 2.77 bits per heavy atom. The van der Waals surface area contributed by atoms with E-state index in [1.807, 2.05) is 19.9 Å². The Kier molecular flexibility index (Phi) is 3.25. The van der Waals surface area contributed by atoms with Crippen LogP contribution in [0, 0.1) is 5.92 Å². The van der Waals surface area contributed by atoms with E-state index in [1.54, 1.807) is 12.3 Å². The fourth-order valence-corrected chi connectivity index (χ4v) is 1.10. The summed E-state index contributed by atoms with van der Waals surface area (Å²) in [6.45, 7) is 3.99. The Balaban J connectivity index is 2.64. The first-order valence-corrected chi connectivity index (χ1v) is 4.48. The van der Waals surface area contributed by atoms with Gasteiger partial charge < -0.3 is 10.8 Å². The molecule has 0 saturated heterocycles. The van der Waals surface area contributed by atoms with E-state index in [9.17, 15) is 5.11 Å². The van der Waals surface area contributed by atoms with E-state index < -0.39 is 0 Å². The average Bonchev–Trinajstić information content (AvgIpc) is 2.04. The molecule has 0 aromatic carbocycles. The highest BCUT2D eigenvalue weighted by Gasteiger charge is 2.09. The van der Waals surface area contributed by atoms with Crippen LogP contribution in [0.3, 0.4) is 0 Å².